The van der Waals surface area contributed by atoms with Gasteiger partial charge in [0.2, 0.25) is 5.90 Å². The van der Waals surface area contributed by atoms with Crippen LogP contribution in [0.3, 0.4) is 0 Å². The molecule has 0 saturated heterocycles. The Morgan fingerprint density at radius 3 is 2.89 bits per heavy atom. The van der Waals surface area contributed by atoms with Crippen molar-refractivity contribution in [2.75, 3.05) is 27.2 Å². The van der Waals surface area contributed by atoms with Crippen LogP contribution in [0, 0.1) is 0 Å². The van der Waals surface area contributed by atoms with Crippen molar-refractivity contribution in [2.45, 2.75) is 19.8 Å². The van der Waals surface area contributed by atoms with E-state index in [4.69, 9.17) is 16.3 Å². The maximum atomic E-state index is 12.2. The molecular formula is C18H23ClF2N4OS. The monoisotopic (exact) mass is 416 g/mol. The molecule has 1 aliphatic rings. The van der Waals surface area contributed by atoms with E-state index in [1.165, 1.54) is 18.9 Å². The van der Waals surface area contributed by atoms with Gasteiger partial charge in [0.1, 0.15) is 0 Å². The SMILES string of the molecule is C/C=C(SC(CNCC1=CC(Cl)=CCC=C1)=NC)/C(=N/N=C/C(F)F)OC. The standard InChI is InChI=1S/C18H23ClF2N4OS/c1-4-15(18(26-3)25-24-11-16(20)21)27-17(22-2)12-23-10-13-7-5-6-8-14(19)9-13/h4-5,7-9,11,16,23H,6,10,12H2,1-3H3/b15-4-,22-17?,24-11+,25-18-. The van der Waals surface area contributed by atoms with Gasteiger partial charge >= 0.3 is 0 Å². The van der Waals surface area contributed by atoms with Crippen LogP contribution in [0.15, 0.2) is 61.1 Å². The third-order valence-electron chi connectivity index (χ3n) is 3.18. The normalized spacial score (nSPS) is 16.6. The minimum Gasteiger partial charge on any atom is -0.479 e. The van der Waals surface area contributed by atoms with Crippen molar-refractivity contribution in [3.63, 3.8) is 0 Å². The average Bonchev–Trinajstić information content (AvgIpc) is 2.86. The van der Waals surface area contributed by atoms with E-state index >= 15 is 0 Å². The van der Waals surface area contributed by atoms with Crippen molar-refractivity contribution in [3.8, 4) is 0 Å². The molecule has 9 heteroatoms. The summed E-state index contributed by atoms with van der Waals surface area (Å²) in [7, 11) is 3.09. The van der Waals surface area contributed by atoms with E-state index < -0.39 is 6.43 Å². The number of methoxy groups -OCH3 is 1. The second kappa shape index (κ2) is 13.4. The highest BCUT2D eigenvalue weighted by molar-refractivity contribution is 8.18. The Morgan fingerprint density at radius 2 is 2.26 bits per heavy atom. The molecule has 0 bridgehead atoms. The second-order valence-electron chi connectivity index (χ2n) is 5.13. The molecule has 0 amide bonds. The lowest BCUT2D eigenvalue weighted by atomic mass is 10.2. The van der Waals surface area contributed by atoms with Crippen LogP contribution < -0.4 is 5.32 Å². The summed E-state index contributed by atoms with van der Waals surface area (Å²) in [5.74, 6) is 0.145. The summed E-state index contributed by atoms with van der Waals surface area (Å²) in [6.45, 7) is 2.95. The van der Waals surface area contributed by atoms with Crippen LogP contribution in [0.5, 0.6) is 0 Å². The van der Waals surface area contributed by atoms with Crippen molar-refractivity contribution >= 4 is 40.5 Å². The Bertz CT molecular complexity index is 697. The number of allylic oxidation sites excluding steroid dienone is 5. The minimum absolute atomic E-state index is 0.145. The molecule has 1 aliphatic carbocycles. The summed E-state index contributed by atoms with van der Waals surface area (Å²) in [4.78, 5) is 4.88. The van der Waals surface area contributed by atoms with Crippen molar-refractivity contribution in [1.29, 1.82) is 0 Å². The molecule has 0 aliphatic heterocycles. The molecule has 0 heterocycles. The van der Waals surface area contributed by atoms with Gasteiger partial charge in [-0.25, -0.2) is 8.78 Å². The van der Waals surface area contributed by atoms with Crippen LogP contribution in [0.25, 0.3) is 0 Å². The predicted octanol–water partition coefficient (Wildman–Crippen LogP) is 4.55. The lowest BCUT2D eigenvalue weighted by Crippen LogP contribution is -2.23. The number of alkyl halides is 2. The smallest absolute Gasteiger partial charge is 0.275 e. The van der Waals surface area contributed by atoms with Crippen LogP contribution in [-0.2, 0) is 4.74 Å². The van der Waals surface area contributed by atoms with E-state index in [1.807, 2.05) is 24.3 Å². The number of nitrogens with one attached hydrogen (secondary N) is 1. The molecule has 0 atom stereocenters. The molecule has 0 aromatic carbocycles. The molecule has 27 heavy (non-hydrogen) atoms. The zero-order valence-corrected chi connectivity index (χ0v) is 17.0. The Labute approximate surface area is 167 Å². The largest absolute Gasteiger partial charge is 0.479 e. The first-order chi connectivity index (χ1) is 13.0. The number of ether oxygens (including phenoxy) is 1. The van der Waals surface area contributed by atoms with Crippen molar-refractivity contribution < 1.29 is 13.5 Å². The summed E-state index contributed by atoms with van der Waals surface area (Å²) >= 11 is 7.41. The Morgan fingerprint density at radius 1 is 1.48 bits per heavy atom. The van der Waals surface area contributed by atoms with E-state index in [0.29, 0.717) is 24.2 Å². The van der Waals surface area contributed by atoms with Gasteiger partial charge in [-0.05, 0) is 25.0 Å². The highest BCUT2D eigenvalue weighted by Gasteiger charge is 2.12. The number of halogens is 3. The molecule has 0 radical (unpaired) electrons. The van der Waals surface area contributed by atoms with E-state index in [1.54, 1.807) is 20.0 Å². The van der Waals surface area contributed by atoms with Gasteiger partial charge in [-0.3, -0.25) is 4.99 Å². The zero-order chi connectivity index (χ0) is 20.1. The first-order valence-electron chi connectivity index (χ1n) is 8.17. The minimum atomic E-state index is -2.67. The Balaban J connectivity index is 2.66. The molecule has 0 fully saturated rings. The van der Waals surface area contributed by atoms with Crippen molar-refractivity contribution in [3.05, 3.63) is 45.9 Å². The number of hydrogen-bond donors (Lipinski definition) is 1. The summed E-state index contributed by atoms with van der Waals surface area (Å²) in [6.07, 6.45) is 8.30. The van der Waals surface area contributed by atoms with Crippen LogP contribution in [0.2, 0.25) is 0 Å². The number of aliphatic imine (C=N–C) groups is 1. The third-order valence-corrected chi connectivity index (χ3v) is 4.64. The van der Waals surface area contributed by atoms with Gasteiger partial charge in [0.05, 0.1) is 23.3 Å². The molecule has 5 nitrogen and oxygen atoms in total. The first-order valence-corrected chi connectivity index (χ1v) is 9.36. The summed E-state index contributed by atoms with van der Waals surface area (Å²) in [6, 6.07) is 0. The molecule has 1 rings (SSSR count). The third kappa shape index (κ3) is 9.65. The molecule has 0 aromatic heterocycles. The summed E-state index contributed by atoms with van der Waals surface area (Å²) < 4.78 is 29.4. The van der Waals surface area contributed by atoms with E-state index in [2.05, 4.69) is 20.5 Å². The maximum Gasteiger partial charge on any atom is 0.275 e. The fourth-order valence-corrected chi connectivity index (χ4v) is 3.03. The molecule has 0 spiro atoms. The molecular weight excluding hydrogens is 394 g/mol. The highest BCUT2D eigenvalue weighted by atomic mass is 35.5. The van der Waals surface area contributed by atoms with Crippen molar-refractivity contribution in [2.24, 2.45) is 15.2 Å². The topological polar surface area (TPSA) is 58.3 Å². The van der Waals surface area contributed by atoms with Gasteiger partial charge in [0.25, 0.3) is 6.43 Å². The zero-order valence-electron chi connectivity index (χ0n) is 15.5. The second-order valence-corrected chi connectivity index (χ2v) is 6.68. The van der Waals surface area contributed by atoms with Crippen LogP contribution in [-0.4, -0.2) is 50.8 Å². The fourth-order valence-electron chi connectivity index (χ4n) is 1.95. The molecule has 0 aromatic rings. The van der Waals surface area contributed by atoms with Crippen LogP contribution >= 0.6 is 23.4 Å². The number of hydrogen-bond acceptors (Lipinski definition) is 6. The van der Waals surface area contributed by atoms with Crippen LogP contribution in [0.4, 0.5) is 8.78 Å². The fraction of sp³-hybridized carbons (Fsp3) is 0.389. The predicted molar refractivity (Wildman–Crippen MR) is 112 cm³/mol. The lowest BCUT2D eigenvalue weighted by Gasteiger charge is -2.11. The van der Waals surface area contributed by atoms with Crippen LogP contribution in [0.1, 0.15) is 13.3 Å². The lowest BCUT2D eigenvalue weighted by molar-refractivity contribution is 0.231. The van der Waals surface area contributed by atoms with Gasteiger partial charge in [0.15, 0.2) is 0 Å². The first kappa shape index (κ1) is 23.3. The van der Waals surface area contributed by atoms with Gasteiger partial charge < -0.3 is 10.1 Å². The molecule has 0 saturated carbocycles. The van der Waals surface area contributed by atoms with E-state index in [9.17, 15) is 8.78 Å². The van der Waals surface area contributed by atoms with Crippen molar-refractivity contribution in [1.82, 2.24) is 5.32 Å². The Hall–Kier alpha value is -1.77. The number of nitrogens with zero attached hydrogens (tertiary/aromatic N) is 3. The highest BCUT2D eigenvalue weighted by Crippen LogP contribution is 2.20. The van der Waals surface area contributed by atoms with E-state index in [-0.39, 0.29) is 5.90 Å². The maximum absolute atomic E-state index is 12.2. The van der Waals surface area contributed by atoms with Gasteiger partial charge in [-0.15, -0.1) is 5.10 Å². The number of thioether (sulfide) groups is 1. The number of rotatable bonds is 8. The van der Waals surface area contributed by atoms with E-state index in [0.717, 1.165) is 22.1 Å². The molecule has 1 N–H and O–H groups in total. The van der Waals surface area contributed by atoms with Gasteiger partial charge in [0, 0.05) is 25.2 Å². The summed E-state index contributed by atoms with van der Waals surface area (Å²) in [5.41, 5.74) is 1.07. The van der Waals surface area contributed by atoms with Gasteiger partial charge in [-0.1, -0.05) is 47.7 Å². The van der Waals surface area contributed by atoms with Gasteiger partial charge in [-0.2, -0.15) is 5.10 Å². The Kier molecular flexibility index (Phi) is 11.6. The molecule has 148 valence electrons. The molecule has 0 unspecified atom stereocenters. The summed E-state index contributed by atoms with van der Waals surface area (Å²) in [5, 5.41) is 11.8. The average molecular weight is 417 g/mol. The quantitative estimate of drug-likeness (QED) is 0.359.